The summed E-state index contributed by atoms with van der Waals surface area (Å²) >= 11 is 1.35. The van der Waals surface area contributed by atoms with Gasteiger partial charge in [-0.1, -0.05) is 13.8 Å². The van der Waals surface area contributed by atoms with Crippen molar-refractivity contribution in [2.75, 3.05) is 33.7 Å². The standard InChI is InChI=1S/C15H25N3O2S/c1-10(2)7-12-14(15(19)20)21-13(16-12)8-11-9-17(3)5-6-18(11)4/h10-11H,5-9H2,1-4H3,(H,19,20). The maximum atomic E-state index is 11.4. The summed E-state index contributed by atoms with van der Waals surface area (Å²) < 4.78 is 0. The molecule has 1 fully saturated rings. The highest BCUT2D eigenvalue weighted by Gasteiger charge is 2.25. The van der Waals surface area contributed by atoms with Crippen LogP contribution in [0.5, 0.6) is 0 Å². The lowest BCUT2D eigenvalue weighted by Gasteiger charge is -2.37. The number of nitrogens with zero attached hydrogens (tertiary/aromatic N) is 3. The van der Waals surface area contributed by atoms with Crippen LogP contribution in [0.4, 0.5) is 0 Å². The van der Waals surface area contributed by atoms with Gasteiger partial charge in [0.05, 0.1) is 10.7 Å². The molecule has 1 aromatic rings. The summed E-state index contributed by atoms with van der Waals surface area (Å²) in [4.78, 5) is 21.1. The molecule has 1 N–H and O–H groups in total. The molecule has 1 aromatic heterocycles. The van der Waals surface area contributed by atoms with E-state index >= 15 is 0 Å². The zero-order valence-corrected chi connectivity index (χ0v) is 14.1. The van der Waals surface area contributed by atoms with Crippen LogP contribution in [0.1, 0.15) is 34.2 Å². The van der Waals surface area contributed by atoms with Gasteiger partial charge in [0.2, 0.25) is 0 Å². The Labute approximate surface area is 130 Å². The Morgan fingerprint density at radius 2 is 2.14 bits per heavy atom. The zero-order valence-electron chi connectivity index (χ0n) is 13.3. The average molecular weight is 311 g/mol. The minimum absolute atomic E-state index is 0.418. The van der Waals surface area contributed by atoms with Crippen molar-refractivity contribution in [1.82, 2.24) is 14.8 Å². The van der Waals surface area contributed by atoms with E-state index in [4.69, 9.17) is 0 Å². The summed E-state index contributed by atoms with van der Waals surface area (Å²) in [6.45, 7) is 7.34. The van der Waals surface area contributed by atoms with Crippen molar-refractivity contribution in [3.05, 3.63) is 15.6 Å². The fourth-order valence-corrected chi connectivity index (χ4v) is 3.70. The number of piperazine rings is 1. The number of aromatic nitrogens is 1. The molecular formula is C15H25N3O2S. The smallest absolute Gasteiger partial charge is 0.347 e. The molecule has 1 saturated heterocycles. The molecule has 1 aliphatic heterocycles. The molecule has 6 heteroatoms. The molecule has 2 heterocycles. The van der Waals surface area contributed by atoms with Gasteiger partial charge < -0.3 is 14.9 Å². The number of carboxylic acid groups (broad SMARTS) is 1. The number of rotatable bonds is 5. The molecule has 0 aliphatic carbocycles. The minimum Gasteiger partial charge on any atom is -0.477 e. The Kier molecular flexibility index (Phi) is 5.35. The van der Waals surface area contributed by atoms with Crippen LogP contribution < -0.4 is 0 Å². The summed E-state index contributed by atoms with van der Waals surface area (Å²) in [6.07, 6.45) is 1.57. The second kappa shape index (κ2) is 6.85. The topological polar surface area (TPSA) is 56.7 Å². The normalized spacial score (nSPS) is 21.1. The number of carbonyl (C=O) groups is 1. The van der Waals surface area contributed by atoms with Gasteiger partial charge in [0.1, 0.15) is 4.88 Å². The van der Waals surface area contributed by atoms with Gasteiger partial charge in [-0.2, -0.15) is 0 Å². The van der Waals surface area contributed by atoms with Crippen molar-refractivity contribution in [2.45, 2.75) is 32.7 Å². The van der Waals surface area contributed by atoms with E-state index < -0.39 is 5.97 Å². The van der Waals surface area contributed by atoms with Gasteiger partial charge in [-0.25, -0.2) is 9.78 Å². The minimum atomic E-state index is -0.844. The van der Waals surface area contributed by atoms with Crippen LogP contribution in [0.15, 0.2) is 0 Å². The Bertz CT molecular complexity index is 501. The van der Waals surface area contributed by atoms with Crippen molar-refractivity contribution >= 4 is 17.3 Å². The Morgan fingerprint density at radius 1 is 1.43 bits per heavy atom. The molecule has 21 heavy (non-hydrogen) atoms. The molecule has 118 valence electrons. The monoisotopic (exact) mass is 311 g/mol. The zero-order chi connectivity index (χ0) is 15.6. The second-order valence-electron chi connectivity index (χ2n) is 6.39. The number of thiazole rings is 1. The SMILES string of the molecule is CC(C)Cc1nc(CC2CN(C)CCN2C)sc1C(=O)O. The largest absolute Gasteiger partial charge is 0.477 e. The van der Waals surface area contributed by atoms with Crippen molar-refractivity contribution in [3.8, 4) is 0 Å². The first-order valence-corrected chi connectivity index (χ1v) is 8.29. The van der Waals surface area contributed by atoms with Crippen molar-refractivity contribution in [2.24, 2.45) is 5.92 Å². The summed E-state index contributed by atoms with van der Waals surface area (Å²) in [5.74, 6) is -0.426. The molecule has 1 unspecified atom stereocenters. The van der Waals surface area contributed by atoms with Gasteiger partial charge >= 0.3 is 5.97 Å². The van der Waals surface area contributed by atoms with Crippen LogP contribution in [0.3, 0.4) is 0 Å². The molecule has 0 aromatic carbocycles. The lowest BCUT2D eigenvalue weighted by atomic mass is 10.1. The Morgan fingerprint density at radius 3 is 2.76 bits per heavy atom. The van der Waals surface area contributed by atoms with Gasteiger partial charge in [0.25, 0.3) is 0 Å². The molecular weight excluding hydrogens is 286 g/mol. The molecule has 1 aliphatic rings. The first-order chi connectivity index (χ1) is 9.86. The summed E-state index contributed by atoms with van der Waals surface area (Å²) in [7, 11) is 4.27. The maximum absolute atomic E-state index is 11.4. The quantitative estimate of drug-likeness (QED) is 0.899. The third kappa shape index (κ3) is 4.25. The molecule has 1 atom stereocenters. The van der Waals surface area contributed by atoms with E-state index in [1.165, 1.54) is 11.3 Å². The summed E-state index contributed by atoms with van der Waals surface area (Å²) in [5.41, 5.74) is 0.754. The van der Waals surface area contributed by atoms with Crippen molar-refractivity contribution in [3.63, 3.8) is 0 Å². The van der Waals surface area contributed by atoms with E-state index in [1.807, 2.05) is 0 Å². The van der Waals surface area contributed by atoms with Gasteiger partial charge in [-0.05, 0) is 26.4 Å². The van der Waals surface area contributed by atoms with Gasteiger partial charge in [-0.15, -0.1) is 11.3 Å². The maximum Gasteiger partial charge on any atom is 0.347 e. The van der Waals surface area contributed by atoms with Crippen LogP contribution in [0, 0.1) is 5.92 Å². The average Bonchev–Trinajstić information content (AvgIpc) is 2.76. The third-order valence-electron chi connectivity index (χ3n) is 3.93. The Hall–Kier alpha value is -0.980. The number of likely N-dealkylation sites (N-methyl/N-ethyl adjacent to an activating group) is 2. The van der Waals surface area contributed by atoms with Gasteiger partial charge in [0, 0.05) is 32.1 Å². The molecule has 0 saturated carbocycles. The predicted molar refractivity (Wildman–Crippen MR) is 85.2 cm³/mol. The van der Waals surface area contributed by atoms with Gasteiger partial charge in [-0.3, -0.25) is 0 Å². The Balaban J connectivity index is 2.14. The first kappa shape index (κ1) is 16.4. The van der Waals surface area contributed by atoms with E-state index in [0.717, 1.165) is 43.2 Å². The van der Waals surface area contributed by atoms with Crippen molar-refractivity contribution < 1.29 is 9.90 Å². The van der Waals surface area contributed by atoms with Crippen LogP contribution >= 0.6 is 11.3 Å². The van der Waals surface area contributed by atoms with E-state index in [2.05, 4.69) is 42.7 Å². The molecule has 0 bridgehead atoms. The van der Waals surface area contributed by atoms with E-state index in [1.54, 1.807) is 0 Å². The number of hydrogen-bond acceptors (Lipinski definition) is 5. The lowest BCUT2D eigenvalue weighted by Crippen LogP contribution is -2.50. The van der Waals surface area contributed by atoms with E-state index in [-0.39, 0.29) is 0 Å². The van der Waals surface area contributed by atoms with E-state index in [9.17, 15) is 9.90 Å². The van der Waals surface area contributed by atoms with Gasteiger partial charge in [0.15, 0.2) is 0 Å². The summed E-state index contributed by atoms with van der Waals surface area (Å²) in [5, 5.41) is 10.3. The van der Waals surface area contributed by atoms with Crippen molar-refractivity contribution in [1.29, 1.82) is 0 Å². The number of aromatic carboxylic acids is 1. The van der Waals surface area contributed by atoms with Crippen LogP contribution in [-0.2, 0) is 12.8 Å². The number of hydrogen-bond donors (Lipinski definition) is 1. The van der Waals surface area contributed by atoms with Crippen LogP contribution in [0.25, 0.3) is 0 Å². The highest BCUT2D eigenvalue weighted by molar-refractivity contribution is 7.13. The fraction of sp³-hybridized carbons (Fsp3) is 0.733. The molecule has 5 nitrogen and oxygen atoms in total. The second-order valence-corrected chi connectivity index (χ2v) is 7.47. The molecule has 0 spiro atoms. The predicted octanol–water partition coefficient (Wildman–Crippen LogP) is 1.83. The molecule has 0 amide bonds. The third-order valence-corrected chi connectivity index (χ3v) is 5.04. The molecule has 2 rings (SSSR count). The first-order valence-electron chi connectivity index (χ1n) is 7.47. The number of carboxylic acids is 1. The lowest BCUT2D eigenvalue weighted by molar-refractivity contribution is 0.0700. The highest BCUT2D eigenvalue weighted by atomic mass is 32.1. The highest BCUT2D eigenvalue weighted by Crippen LogP contribution is 2.24. The van der Waals surface area contributed by atoms with E-state index in [0.29, 0.717) is 16.8 Å². The fourth-order valence-electron chi connectivity index (χ4n) is 2.70. The molecule has 0 radical (unpaired) electrons. The van der Waals surface area contributed by atoms with Crippen LogP contribution in [-0.4, -0.2) is 65.6 Å². The summed E-state index contributed by atoms with van der Waals surface area (Å²) in [6, 6.07) is 0.420. The van der Waals surface area contributed by atoms with Crippen LogP contribution in [0.2, 0.25) is 0 Å².